The highest BCUT2D eigenvalue weighted by Crippen LogP contribution is 2.33. The molecule has 4 N–H and O–H groups in total. The van der Waals surface area contributed by atoms with Crippen LogP contribution in [0.5, 0.6) is 0 Å². The minimum absolute atomic E-state index is 0.167. The van der Waals surface area contributed by atoms with Crippen molar-refractivity contribution in [2.24, 2.45) is 0 Å². The molecular formula is C19H21ClN4O2. The number of rotatable bonds is 4. The molecule has 7 heteroatoms. The molecule has 0 unspecified atom stereocenters. The number of piperazine rings is 1. The van der Waals surface area contributed by atoms with Crippen LogP contribution in [0.4, 0.5) is 11.4 Å². The molecule has 3 rings (SSSR count). The third-order valence-electron chi connectivity index (χ3n) is 4.67. The number of carboxylic acid groups (broad SMARTS) is 1. The van der Waals surface area contributed by atoms with Crippen molar-refractivity contribution in [2.75, 3.05) is 43.9 Å². The first-order valence-corrected chi connectivity index (χ1v) is 8.70. The lowest BCUT2D eigenvalue weighted by molar-refractivity contribution is -0.129. The van der Waals surface area contributed by atoms with Gasteiger partial charge in [0.05, 0.1) is 5.02 Å². The number of nitrogen functional groups attached to an aromatic ring is 1. The monoisotopic (exact) mass is 372 g/mol. The standard InChI is InChI=1S/C19H21ClN4O2/c1-23-6-8-24(9-7-23)13-4-2-12(3-5-13)14-10-15(18(22)19(25)26)17(21)11-16(14)20/h2-5,10-11,22H,6-9,21H2,1H3,(H,25,26). The van der Waals surface area contributed by atoms with Gasteiger partial charge in [-0.25, -0.2) is 4.79 Å². The third-order valence-corrected chi connectivity index (χ3v) is 4.98. The number of benzene rings is 2. The molecule has 1 aliphatic heterocycles. The Hall–Kier alpha value is -2.57. The van der Waals surface area contributed by atoms with Crippen LogP contribution in [0.25, 0.3) is 11.1 Å². The summed E-state index contributed by atoms with van der Waals surface area (Å²) in [5.41, 5.74) is 8.30. The fourth-order valence-corrected chi connectivity index (χ4v) is 3.34. The molecule has 2 aromatic rings. The quantitative estimate of drug-likeness (QED) is 0.566. The molecule has 6 nitrogen and oxygen atoms in total. The van der Waals surface area contributed by atoms with Gasteiger partial charge in [-0.15, -0.1) is 0 Å². The number of hydrogen-bond acceptors (Lipinski definition) is 5. The molecular weight excluding hydrogens is 352 g/mol. The Morgan fingerprint density at radius 2 is 1.77 bits per heavy atom. The van der Waals surface area contributed by atoms with E-state index in [2.05, 4.69) is 16.8 Å². The van der Waals surface area contributed by atoms with Gasteiger partial charge in [-0.2, -0.15) is 0 Å². The molecule has 136 valence electrons. The lowest BCUT2D eigenvalue weighted by Gasteiger charge is -2.34. The molecule has 0 bridgehead atoms. The van der Waals surface area contributed by atoms with Gasteiger partial charge in [0, 0.05) is 48.7 Å². The number of nitrogens with one attached hydrogen (secondary N) is 1. The third kappa shape index (κ3) is 3.66. The number of hydrogen-bond donors (Lipinski definition) is 3. The Morgan fingerprint density at radius 3 is 2.35 bits per heavy atom. The highest BCUT2D eigenvalue weighted by atomic mass is 35.5. The first kappa shape index (κ1) is 18.2. The largest absolute Gasteiger partial charge is 0.477 e. The molecule has 1 saturated heterocycles. The van der Waals surface area contributed by atoms with Crippen molar-refractivity contribution in [1.82, 2.24) is 4.90 Å². The lowest BCUT2D eigenvalue weighted by atomic mass is 9.99. The second kappa shape index (κ2) is 7.35. The van der Waals surface area contributed by atoms with E-state index >= 15 is 0 Å². The molecule has 2 aromatic carbocycles. The van der Waals surface area contributed by atoms with Crippen LogP contribution >= 0.6 is 11.6 Å². The summed E-state index contributed by atoms with van der Waals surface area (Å²) in [4.78, 5) is 15.7. The maximum atomic E-state index is 11.1. The molecule has 0 saturated carbocycles. The Kier molecular flexibility index (Phi) is 5.15. The fraction of sp³-hybridized carbons (Fsp3) is 0.263. The summed E-state index contributed by atoms with van der Waals surface area (Å²) in [7, 11) is 2.12. The number of aliphatic carboxylic acids is 1. The summed E-state index contributed by atoms with van der Waals surface area (Å²) >= 11 is 6.31. The van der Waals surface area contributed by atoms with Crippen molar-refractivity contribution in [3.05, 3.63) is 47.0 Å². The molecule has 0 amide bonds. The van der Waals surface area contributed by atoms with E-state index in [1.165, 1.54) is 6.07 Å². The zero-order chi connectivity index (χ0) is 18.8. The minimum Gasteiger partial charge on any atom is -0.477 e. The number of nitrogens with two attached hydrogens (primary N) is 1. The van der Waals surface area contributed by atoms with Crippen LogP contribution in [0.3, 0.4) is 0 Å². The van der Waals surface area contributed by atoms with Crippen LogP contribution < -0.4 is 10.6 Å². The van der Waals surface area contributed by atoms with E-state index in [-0.39, 0.29) is 11.3 Å². The Labute approximate surface area is 157 Å². The molecule has 1 fully saturated rings. The molecule has 0 aliphatic carbocycles. The van der Waals surface area contributed by atoms with Crippen molar-refractivity contribution in [1.29, 1.82) is 5.41 Å². The van der Waals surface area contributed by atoms with Gasteiger partial charge in [0.2, 0.25) is 0 Å². The second-order valence-corrected chi connectivity index (χ2v) is 6.84. The Balaban J connectivity index is 1.90. The van der Waals surface area contributed by atoms with E-state index in [9.17, 15) is 4.79 Å². The second-order valence-electron chi connectivity index (χ2n) is 6.44. The van der Waals surface area contributed by atoms with Crippen LogP contribution in [0, 0.1) is 5.41 Å². The predicted molar refractivity (Wildman–Crippen MR) is 105 cm³/mol. The van der Waals surface area contributed by atoms with Gasteiger partial charge < -0.3 is 20.6 Å². The SMILES string of the molecule is CN1CCN(c2ccc(-c3cc(C(=N)C(=O)O)c(N)cc3Cl)cc2)CC1. The zero-order valence-corrected chi connectivity index (χ0v) is 15.3. The molecule has 1 aliphatic rings. The number of carbonyl (C=O) groups is 1. The number of halogens is 1. The Morgan fingerprint density at radius 1 is 1.15 bits per heavy atom. The highest BCUT2D eigenvalue weighted by Gasteiger charge is 2.18. The van der Waals surface area contributed by atoms with Gasteiger partial charge in [-0.1, -0.05) is 23.7 Å². The summed E-state index contributed by atoms with van der Waals surface area (Å²) in [6.07, 6.45) is 0. The van der Waals surface area contributed by atoms with Crippen molar-refractivity contribution >= 4 is 34.7 Å². The van der Waals surface area contributed by atoms with E-state index < -0.39 is 11.7 Å². The molecule has 0 atom stereocenters. The van der Waals surface area contributed by atoms with E-state index in [1.807, 2.05) is 24.3 Å². The van der Waals surface area contributed by atoms with Crippen molar-refractivity contribution in [3.8, 4) is 11.1 Å². The van der Waals surface area contributed by atoms with Crippen molar-refractivity contribution in [2.45, 2.75) is 0 Å². The first-order chi connectivity index (χ1) is 12.4. The van der Waals surface area contributed by atoms with E-state index in [0.717, 1.165) is 37.4 Å². The van der Waals surface area contributed by atoms with Crippen LogP contribution in [0.2, 0.25) is 5.02 Å². The minimum atomic E-state index is -1.32. The molecule has 26 heavy (non-hydrogen) atoms. The van der Waals surface area contributed by atoms with Gasteiger partial charge in [-0.05, 0) is 36.9 Å². The van der Waals surface area contributed by atoms with Crippen LogP contribution in [-0.4, -0.2) is 54.9 Å². The van der Waals surface area contributed by atoms with Gasteiger partial charge >= 0.3 is 5.97 Å². The Bertz CT molecular complexity index is 843. The summed E-state index contributed by atoms with van der Waals surface area (Å²) < 4.78 is 0. The number of carboxylic acids is 1. The summed E-state index contributed by atoms with van der Waals surface area (Å²) in [5.74, 6) is -1.32. The molecule has 0 radical (unpaired) electrons. The normalized spacial score (nSPS) is 15.1. The first-order valence-electron chi connectivity index (χ1n) is 8.32. The number of anilines is 2. The van der Waals surface area contributed by atoms with E-state index in [4.69, 9.17) is 27.9 Å². The highest BCUT2D eigenvalue weighted by molar-refractivity contribution is 6.43. The van der Waals surface area contributed by atoms with Crippen molar-refractivity contribution in [3.63, 3.8) is 0 Å². The van der Waals surface area contributed by atoms with Crippen LogP contribution in [0.15, 0.2) is 36.4 Å². The average Bonchev–Trinajstić information content (AvgIpc) is 2.62. The van der Waals surface area contributed by atoms with E-state index in [1.54, 1.807) is 6.07 Å². The fourth-order valence-electron chi connectivity index (χ4n) is 3.06. The van der Waals surface area contributed by atoms with Crippen LogP contribution in [0.1, 0.15) is 5.56 Å². The maximum Gasteiger partial charge on any atom is 0.354 e. The van der Waals surface area contributed by atoms with Gasteiger partial charge in [0.1, 0.15) is 5.71 Å². The lowest BCUT2D eigenvalue weighted by Crippen LogP contribution is -2.44. The number of nitrogens with zero attached hydrogens (tertiary/aromatic N) is 2. The van der Waals surface area contributed by atoms with Crippen molar-refractivity contribution < 1.29 is 9.90 Å². The molecule has 0 aromatic heterocycles. The predicted octanol–water partition coefficient (Wildman–Crippen LogP) is 2.79. The molecule has 1 heterocycles. The number of likely N-dealkylation sites (N-methyl/N-ethyl adjacent to an activating group) is 1. The summed E-state index contributed by atoms with van der Waals surface area (Å²) in [5, 5.41) is 17.2. The zero-order valence-electron chi connectivity index (χ0n) is 14.5. The van der Waals surface area contributed by atoms with Gasteiger partial charge in [0.25, 0.3) is 0 Å². The maximum absolute atomic E-state index is 11.1. The molecule has 0 spiro atoms. The topological polar surface area (TPSA) is 93.7 Å². The van der Waals surface area contributed by atoms with Gasteiger partial charge in [0.15, 0.2) is 0 Å². The van der Waals surface area contributed by atoms with Crippen LogP contribution in [-0.2, 0) is 4.79 Å². The summed E-state index contributed by atoms with van der Waals surface area (Å²) in [6.45, 7) is 4.04. The van der Waals surface area contributed by atoms with E-state index in [0.29, 0.717) is 10.6 Å². The van der Waals surface area contributed by atoms with Gasteiger partial charge in [-0.3, -0.25) is 5.41 Å². The smallest absolute Gasteiger partial charge is 0.354 e. The average molecular weight is 373 g/mol. The summed E-state index contributed by atoms with van der Waals surface area (Å²) in [6, 6.07) is 11.1.